The lowest BCUT2D eigenvalue weighted by molar-refractivity contribution is -0.149. The number of hydrogen-bond donors (Lipinski definition) is 3. The molecule has 0 bridgehead atoms. The summed E-state index contributed by atoms with van der Waals surface area (Å²) in [5.74, 6) is -1.91. The maximum absolute atomic E-state index is 12.3. The third kappa shape index (κ3) is 7.17. The molecule has 2 rings (SSSR count). The van der Waals surface area contributed by atoms with Crippen molar-refractivity contribution in [1.82, 2.24) is 16.0 Å². The average Bonchev–Trinajstić information content (AvgIpc) is 3.18. The third-order valence-corrected chi connectivity index (χ3v) is 5.00. The molecule has 1 aliphatic carbocycles. The number of esters is 1. The summed E-state index contributed by atoms with van der Waals surface area (Å²) >= 11 is 0. The summed E-state index contributed by atoms with van der Waals surface area (Å²) in [7, 11) is 0. The highest BCUT2D eigenvalue weighted by Gasteiger charge is 2.21. The van der Waals surface area contributed by atoms with Gasteiger partial charge in [0.15, 0.2) is 6.61 Å². The number of rotatable bonds is 6. The lowest BCUT2D eigenvalue weighted by Crippen LogP contribution is -2.46. The van der Waals surface area contributed by atoms with Crippen molar-refractivity contribution in [2.45, 2.75) is 70.9 Å². The Morgan fingerprint density at radius 2 is 1.67 bits per heavy atom. The van der Waals surface area contributed by atoms with Crippen LogP contribution in [0, 0.1) is 0 Å². The van der Waals surface area contributed by atoms with Gasteiger partial charge < -0.3 is 15.4 Å². The molecule has 0 radical (unpaired) electrons. The summed E-state index contributed by atoms with van der Waals surface area (Å²) < 4.78 is 4.89. The Morgan fingerprint density at radius 1 is 1.07 bits per heavy atom. The number of imide groups is 1. The molecular weight excluding hydrogens is 386 g/mol. The molecule has 30 heavy (non-hydrogen) atoms. The van der Waals surface area contributed by atoms with Crippen molar-refractivity contribution in [3.8, 4) is 0 Å². The van der Waals surface area contributed by atoms with Gasteiger partial charge in [-0.2, -0.15) is 0 Å². The van der Waals surface area contributed by atoms with Gasteiger partial charge in [-0.05, 0) is 42.9 Å². The van der Waals surface area contributed by atoms with E-state index in [1.165, 1.54) is 6.92 Å². The van der Waals surface area contributed by atoms with Gasteiger partial charge in [0, 0.05) is 11.6 Å². The summed E-state index contributed by atoms with van der Waals surface area (Å²) in [6.45, 7) is 7.10. The Kier molecular flexibility index (Phi) is 7.97. The van der Waals surface area contributed by atoms with Crippen LogP contribution in [-0.4, -0.2) is 42.5 Å². The highest BCUT2D eigenvalue weighted by Crippen LogP contribution is 2.22. The number of nitrogens with one attached hydrogen (secondary N) is 3. The number of benzene rings is 1. The van der Waals surface area contributed by atoms with Gasteiger partial charge in [0.05, 0.1) is 0 Å². The Labute approximate surface area is 177 Å². The van der Waals surface area contributed by atoms with E-state index >= 15 is 0 Å². The zero-order chi connectivity index (χ0) is 22.3. The van der Waals surface area contributed by atoms with E-state index in [9.17, 15) is 19.2 Å². The molecule has 1 aliphatic rings. The van der Waals surface area contributed by atoms with Gasteiger partial charge >= 0.3 is 12.0 Å². The molecule has 0 saturated heterocycles. The maximum Gasteiger partial charge on any atom is 0.328 e. The van der Waals surface area contributed by atoms with Gasteiger partial charge in [0.2, 0.25) is 0 Å². The SMILES string of the molecule is C[C@H](NC(=O)c1ccc(C(C)(C)C)cc1)C(=O)OCC(=O)NC(=O)NC1CCCC1. The highest BCUT2D eigenvalue weighted by atomic mass is 16.5. The predicted octanol–water partition coefficient (Wildman–Crippen LogP) is 2.41. The van der Waals surface area contributed by atoms with Crippen molar-refractivity contribution in [3.05, 3.63) is 35.4 Å². The van der Waals surface area contributed by atoms with Crippen LogP contribution in [0.25, 0.3) is 0 Å². The number of carbonyl (C=O) groups excluding carboxylic acids is 4. The molecule has 1 atom stereocenters. The average molecular weight is 418 g/mol. The van der Waals surface area contributed by atoms with Gasteiger partial charge in [-0.25, -0.2) is 9.59 Å². The van der Waals surface area contributed by atoms with Gasteiger partial charge in [-0.1, -0.05) is 45.7 Å². The lowest BCUT2D eigenvalue weighted by atomic mass is 9.86. The largest absolute Gasteiger partial charge is 0.454 e. The summed E-state index contributed by atoms with van der Waals surface area (Å²) in [6, 6.07) is 5.68. The van der Waals surface area contributed by atoms with Crippen molar-refractivity contribution in [2.75, 3.05) is 6.61 Å². The Balaban J connectivity index is 1.74. The van der Waals surface area contributed by atoms with Crippen molar-refractivity contribution in [1.29, 1.82) is 0 Å². The lowest BCUT2D eigenvalue weighted by Gasteiger charge is -2.19. The van der Waals surface area contributed by atoms with E-state index in [0.29, 0.717) is 5.56 Å². The first-order valence-electron chi connectivity index (χ1n) is 10.2. The van der Waals surface area contributed by atoms with Crippen molar-refractivity contribution in [3.63, 3.8) is 0 Å². The molecule has 0 spiro atoms. The van der Waals surface area contributed by atoms with E-state index in [2.05, 4.69) is 36.7 Å². The Hall–Kier alpha value is -2.90. The first kappa shape index (κ1) is 23.4. The van der Waals surface area contributed by atoms with Gasteiger partial charge in [-0.3, -0.25) is 14.9 Å². The molecule has 1 saturated carbocycles. The first-order chi connectivity index (χ1) is 14.1. The molecule has 0 aromatic heterocycles. The number of ether oxygens (including phenoxy) is 1. The molecule has 0 unspecified atom stereocenters. The summed E-state index contributed by atoms with van der Waals surface area (Å²) in [5, 5.41) is 7.38. The second-order valence-corrected chi connectivity index (χ2v) is 8.63. The summed E-state index contributed by atoms with van der Waals surface area (Å²) in [5.41, 5.74) is 1.49. The van der Waals surface area contributed by atoms with Crippen molar-refractivity contribution < 1.29 is 23.9 Å². The number of hydrogen-bond acceptors (Lipinski definition) is 5. The van der Waals surface area contributed by atoms with Crippen LogP contribution in [0.3, 0.4) is 0 Å². The Bertz CT molecular complexity index is 777. The predicted molar refractivity (Wildman–Crippen MR) is 112 cm³/mol. The van der Waals surface area contributed by atoms with Crippen LogP contribution < -0.4 is 16.0 Å². The molecule has 1 aromatic carbocycles. The monoisotopic (exact) mass is 417 g/mol. The van der Waals surface area contributed by atoms with Crippen LogP contribution in [0.4, 0.5) is 4.79 Å². The maximum atomic E-state index is 12.3. The van der Waals surface area contributed by atoms with Crippen LogP contribution in [0.5, 0.6) is 0 Å². The molecule has 164 valence electrons. The van der Waals surface area contributed by atoms with E-state index < -0.39 is 36.5 Å². The van der Waals surface area contributed by atoms with E-state index in [1.807, 2.05) is 12.1 Å². The van der Waals surface area contributed by atoms with Crippen LogP contribution >= 0.6 is 0 Å². The van der Waals surface area contributed by atoms with Crippen molar-refractivity contribution >= 4 is 23.8 Å². The highest BCUT2D eigenvalue weighted by molar-refractivity contribution is 5.98. The van der Waals surface area contributed by atoms with E-state index in [-0.39, 0.29) is 11.5 Å². The Morgan fingerprint density at radius 3 is 2.23 bits per heavy atom. The molecule has 8 heteroatoms. The molecule has 4 amide bonds. The summed E-state index contributed by atoms with van der Waals surface area (Å²) in [6.07, 6.45) is 3.90. The normalized spacial score (nSPS) is 15.2. The van der Waals surface area contributed by atoms with Gasteiger partial charge in [0.25, 0.3) is 11.8 Å². The van der Waals surface area contributed by atoms with Gasteiger partial charge in [0.1, 0.15) is 6.04 Å². The molecule has 8 nitrogen and oxygen atoms in total. The van der Waals surface area contributed by atoms with Crippen LogP contribution in [0.15, 0.2) is 24.3 Å². The second-order valence-electron chi connectivity index (χ2n) is 8.63. The minimum atomic E-state index is -0.945. The van der Waals surface area contributed by atoms with Crippen LogP contribution in [0.1, 0.15) is 69.3 Å². The van der Waals surface area contributed by atoms with Gasteiger partial charge in [-0.15, -0.1) is 0 Å². The minimum absolute atomic E-state index is 0.0271. The fourth-order valence-electron chi connectivity index (χ4n) is 3.18. The number of urea groups is 1. The molecule has 1 fully saturated rings. The van der Waals surface area contributed by atoms with E-state index in [0.717, 1.165) is 31.2 Å². The number of carbonyl (C=O) groups is 4. The second kappa shape index (κ2) is 10.2. The molecular formula is C22H31N3O5. The molecule has 3 N–H and O–H groups in total. The molecule has 0 aliphatic heterocycles. The number of amides is 4. The standard InChI is InChI=1S/C22H31N3O5/c1-14(23-19(27)15-9-11-16(12-10-15)22(2,3)4)20(28)30-13-18(26)25-21(29)24-17-7-5-6-8-17/h9-12,14,17H,5-8,13H2,1-4H3,(H,23,27)(H2,24,25,26,29)/t14-/m0/s1. The fourth-order valence-corrected chi connectivity index (χ4v) is 3.18. The van der Waals surface area contributed by atoms with E-state index in [1.54, 1.807) is 12.1 Å². The fraction of sp³-hybridized carbons (Fsp3) is 0.545. The summed E-state index contributed by atoms with van der Waals surface area (Å²) in [4.78, 5) is 47.9. The quantitative estimate of drug-likeness (QED) is 0.615. The smallest absolute Gasteiger partial charge is 0.328 e. The third-order valence-electron chi connectivity index (χ3n) is 5.00. The zero-order valence-electron chi connectivity index (χ0n) is 18.0. The first-order valence-corrected chi connectivity index (χ1v) is 10.2. The minimum Gasteiger partial charge on any atom is -0.454 e. The van der Waals surface area contributed by atoms with Crippen LogP contribution in [0.2, 0.25) is 0 Å². The van der Waals surface area contributed by atoms with Crippen LogP contribution in [-0.2, 0) is 19.7 Å². The topological polar surface area (TPSA) is 114 Å². The zero-order valence-corrected chi connectivity index (χ0v) is 18.0. The molecule has 0 heterocycles. The van der Waals surface area contributed by atoms with E-state index in [4.69, 9.17) is 4.74 Å². The van der Waals surface area contributed by atoms with Crippen molar-refractivity contribution in [2.24, 2.45) is 0 Å². The molecule has 1 aromatic rings.